The minimum atomic E-state index is -0.972. The molecule has 1 fully saturated rings. The Morgan fingerprint density at radius 2 is 1.70 bits per heavy atom. The molecular formula is C26H30N2O5. The number of carboxylic acid groups (broad SMARTS) is 1. The number of ether oxygens (including phenoxy) is 1. The van der Waals surface area contributed by atoms with Gasteiger partial charge >= 0.3 is 12.1 Å². The van der Waals surface area contributed by atoms with Crippen LogP contribution in [0.15, 0.2) is 48.5 Å². The summed E-state index contributed by atoms with van der Waals surface area (Å²) >= 11 is 0. The first kappa shape index (κ1) is 22.8. The molecule has 4 rings (SSSR count). The second kappa shape index (κ2) is 10.1. The van der Waals surface area contributed by atoms with E-state index in [4.69, 9.17) is 4.74 Å². The maximum Gasteiger partial charge on any atom is 0.407 e. The fourth-order valence-electron chi connectivity index (χ4n) is 4.92. The fraction of sp³-hybridized carbons (Fsp3) is 0.423. The number of benzene rings is 2. The summed E-state index contributed by atoms with van der Waals surface area (Å²) in [5.74, 6) is -1.25. The van der Waals surface area contributed by atoms with Gasteiger partial charge in [-0.25, -0.2) is 9.59 Å². The van der Waals surface area contributed by atoms with Gasteiger partial charge in [0.25, 0.3) is 0 Å². The molecule has 2 aromatic rings. The number of fused-ring (bicyclic) bond motifs is 3. The van der Waals surface area contributed by atoms with Gasteiger partial charge in [-0.05, 0) is 47.9 Å². The fourth-order valence-corrected chi connectivity index (χ4v) is 4.92. The van der Waals surface area contributed by atoms with Gasteiger partial charge in [0.1, 0.15) is 12.6 Å². The van der Waals surface area contributed by atoms with Crippen LogP contribution in [0.4, 0.5) is 4.79 Å². The minimum Gasteiger partial charge on any atom is -0.480 e. The Labute approximate surface area is 193 Å². The third kappa shape index (κ3) is 4.87. The van der Waals surface area contributed by atoms with Crippen LogP contribution in [0.3, 0.4) is 0 Å². The SMILES string of the molecule is CCC(CC(=O)N1CCCC[C@H]1C(=O)O)NC(=O)OCC1c2ccccc2-c2ccccc21. The van der Waals surface area contributed by atoms with Gasteiger partial charge in [-0.1, -0.05) is 55.5 Å². The van der Waals surface area contributed by atoms with E-state index in [1.54, 1.807) is 0 Å². The number of piperidine rings is 1. The number of nitrogens with zero attached hydrogens (tertiary/aromatic N) is 1. The molecule has 0 spiro atoms. The average Bonchev–Trinajstić information content (AvgIpc) is 3.16. The van der Waals surface area contributed by atoms with Crippen LogP contribution in [0.5, 0.6) is 0 Å². The molecule has 2 N–H and O–H groups in total. The van der Waals surface area contributed by atoms with Crippen molar-refractivity contribution in [1.82, 2.24) is 10.2 Å². The molecule has 0 radical (unpaired) electrons. The Kier molecular flexibility index (Phi) is 6.96. The number of carboxylic acids is 1. The molecule has 1 aliphatic carbocycles. The minimum absolute atomic E-state index is 0.0328. The monoisotopic (exact) mass is 450 g/mol. The van der Waals surface area contributed by atoms with Gasteiger partial charge in [-0.2, -0.15) is 0 Å². The lowest BCUT2D eigenvalue weighted by molar-refractivity contribution is -0.152. The third-order valence-electron chi connectivity index (χ3n) is 6.69. The molecule has 0 aromatic heterocycles. The van der Waals surface area contributed by atoms with Crippen LogP contribution in [-0.4, -0.2) is 53.2 Å². The highest BCUT2D eigenvalue weighted by atomic mass is 16.5. The number of likely N-dealkylation sites (tertiary alicyclic amines) is 1. The summed E-state index contributed by atoms with van der Waals surface area (Å²) in [5, 5.41) is 12.2. The molecule has 174 valence electrons. The number of hydrogen-bond donors (Lipinski definition) is 2. The van der Waals surface area contributed by atoms with Crippen LogP contribution >= 0.6 is 0 Å². The van der Waals surface area contributed by atoms with Gasteiger partial charge in [0.2, 0.25) is 5.91 Å². The van der Waals surface area contributed by atoms with E-state index < -0.39 is 24.1 Å². The van der Waals surface area contributed by atoms with E-state index in [0.29, 0.717) is 19.4 Å². The standard InChI is InChI=1S/C26H30N2O5/c1-2-17(15-24(29)28-14-8-7-13-23(28)25(30)31)27-26(32)33-16-22-20-11-5-3-9-18(20)19-10-4-6-12-21(19)22/h3-6,9-12,17,22-23H,2,7-8,13-16H2,1H3,(H,27,32)(H,30,31)/t17?,23-/m0/s1. The number of alkyl carbamates (subject to hydrolysis) is 1. The van der Waals surface area contributed by atoms with Crippen molar-refractivity contribution >= 4 is 18.0 Å². The number of carbonyl (C=O) groups is 3. The van der Waals surface area contributed by atoms with E-state index in [9.17, 15) is 19.5 Å². The van der Waals surface area contributed by atoms with Crippen molar-refractivity contribution in [3.63, 3.8) is 0 Å². The molecule has 1 aliphatic heterocycles. The van der Waals surface area contributed by atoms with Crippen LogP contribution in [0, 0.1) is 0 Å². The van der Waals surface area contributed by atoms with Crippen molar-refractivity contribution in [2.45, 2.75) is 57.0 Å². The summed E-state index contributed by atoms with van der Waals surface area (Å²) in [6.45, 7) is 2.53. The summed E-state index contributed by atoms with van der Waals surface area (Å²) in [6, 6.07) is 15.1. The van der Waals surface area contributed by atoms with Crippen molar-refractivity contribution < 1.29 is 24.2 Å². The average molecular weight is 451 g/mol. The molecule has 0 bridgehead atoms. The largest absolute Gasteiger partial charge is 0.480 e. The first-order valence-corrected chi connectivity index (χ1v) is 11.6. The van der Waals surface area contributed by atoms with E-state index in [1.165, 1.54) is 4.90 Å². The molecule has 2 amide bonds. The lowest BCUT2D eigenvalue weighted by Gasteiger charge is -2.34. The molecule has 2 aliphatic rings. The quantitative estimate of drug-likeness (QED) is 0.660. The number of aliphatic carboxylic acids is 1. The highest BCUT2D eigenvalue weighted by Crippen LogP contribution is 2.44. The second-order valence-corrected chi connectivity index (χ2v) is 8.72. The Balaban J connectivity index is 1.35. The third-order valence-corrected chi connectivity index (χ3v) is 6.69. The zero-order valence-electron chi connectivity index (χ0n) is 18.8. The molecule has 2 aromatic carbocycles. The summed E-state index contributed by atoms with van der Waals surface area (Å²) in [5.41, 5.74) is 4.60. The van der Waals surface area contributed by atoms with Gasteiger partial charge in [-0.3, -0.25) is 4.79 Å². The normalized spacial score (nSPS) is 18.2. The van der Waals surface area contributed by atoms with E-state index >= 15 is 0 Å². The smallest absolute Gasteiger partial charge is 0.407 e. The zero-order chi connectivity index (χ0) is 23.4. The van der Waals surface area contributed by atoms with Crippen molar-refractivity contribution in [1.29, 1.82) is 0 Å². The summed E-state index contributed by atoms with van der Waals surface area (Å²) in [6.07, 6.45) is 2.11. The molecule has 1 unspecified atom stereocenters. The molecule has 7 nitrogen and oxygen atoms in total. The maximum absolute atomic E-state index is 12.8. The summed E-state index contributed by atoms with van der Waals surface area (Å²) in [4.78, 5) is 38.3. The highest BCUT2D eigenvalue weighted by Gasteiger charge is 2.33. The van der Waals surface area contributed by atoms with Crippen molar-refractivity contribution in [3.8, 4) is 11.1 Å². The number of hydrogen-bond acceptors (Lipinski definition) is 4. The Bertz CT molecular complexity index is 991. The number of rotatable bonds is 7. The van der Waals surface area contributed by atoms with Crippen molar-refractivity contribution in [2.24, 2.45) is 0 Å². The van der Waals surface area contributed by atoms with Crippen LogP contribution in [0.25, 0.3) is 11.1 Å². The van der Waals surface area contributed by atoms with Gasteiger partial charge in [0.15, 0.2) is 0 Å². The van der Waals surface area contributed by atoms with Gasteiger partial charge in [0, 0.05) is 24.9 Å². The predicted molar refractivity (Wildman–Crippen MR) is 124 cm³/mol. The van der Waals surface area contributed by atoms with E-state index in [-0.39, 0.29) is 24.9 Å². The highest BCUT2D eigenvalue weighted by molar-refractivity contribution is 5.84. The van der Waals surface area contributed by atoms with Crippen molar-refractivity contribution in [2.75, 3.05) is 13.2 Å². The molecule has 0 saturated carbocycles. The van der Waals surface area contributed by atoms with Crippen LogP contribution in [0.2, 0.25) is 0 Å². The molecule has 1 heterocycles. The molecule has 1 saturated heterocycles. The number of carbonyl (C=O) groups excluding carboxylic acids is 2. The first-order chi connectivity index (χ1) is 16.0. The summed E-state index contributed by atoms with van der Waals surface area (Å²) < 4.78 is 5.59. The van der Waals surface area contributed by atoms with Crippen LogP contribution in [0.1, 0.15) is 56.1 Å². The van der Waals surface area contributed by atoms with E-state index in [1.807, 2.05) is 31.2 Å². The second-order valence-electron chi connectivity index (χ2n) is 8.72. The lowest BCUT2D eigenvalue weighted by Crippen LogP contribution is -2.50. The Morgan fingerprint density at radius 3 is 2.30 bits per heavy atom. The Hall–Kier alpha value is -3.35. The lowest BCUT2D eigenvalue weighted by atomic mass is 9.98. The topological polar surface area (TPSA) is 95.9 Å². The van der Waals surface area contributed by atoms with E-state index in [0.717, 1.165) is 35.1 Å². The van der Waals surface area contributed by atoms with Crippen LogP contribution < -0.4 is 5.32 Å². The van der Waals surface area contributed by atoms with Gasteiger partial charge in [0.05, 0.1) is 0 Å². The zero-order valence-corrected chi connectivity index (χ0v) is 18.8. The molecular weight excluding hydrogens is 420 g/mol. The summed E-state index contributed by atoms with van der Waals surface area (Å²) in [7, 11) is 0. The number of nitrogens with one attached hydrogen (secondary N) is 1. The Morgan fingerprint density at radius 1 is 1.06 bits per heavy atom. The van der Waals surface area contributed by atoms with Crippen molar-refractivity contribution in [3.05, 3.63) is 59.7 Å². The maximum atomic E-state index is 12.8. The van der Waals surface area contributed by atoms with E-state index in [2.05, 4.69) is 29.6 Å². The molecule has 33 heavy (non-hydrogen) atoms. The van der Waals surface area contributed by atoms with Gasteiger partial charge < -0.3 is 20.1 Å². The number of amides is 2. The molecule has 2 atom stereocenters. The predicted octanol–water partition coefficient (Wildman–Crippen LogP) is 4.16. The molecule has 7 heteroatoms. The van der Waals surface area contributed by atoms with Crippen LogP contribution in [-0.2, 0) is 14.3 Å². The first-order valence-electron chi connectivity index (χ1n) is 11.6. The van der Waals surface area contributed by atoms with Gasteiger partial charge in [-0.15, -0.1) is 0 Å².